The average molecular weight is 467 g/mol. The van der Waals surface area contributed by atoms with Gasteiger partial charge in [-0.1, -0.05) is 30.3 Å². The van der Waals surface area contributed by atoms with E-state index in [-0.39, 0.29) is 12.0 Å². The summed E-state index contributed by atoms with van der Waals surface area (Å²) < 4.78 is 5.53. The highest BCUT2D eigenvalue weighted by atomic mass is 16.6. The summed E-state index contributed by atoms with van der Waals surface area (Å²) in [6.45, 7) is 11.8. The van der Waals surface area contributed by atoms with Gasteiger partial charge >= 0.3 is 13.1 Å². The zero-order valence-electron chi connectivity index (χ0n) is 20.9. The number of amides is 1. The molecule has 34 heavy (non-hydrogen) atoms. The fraction of sp³-hybridized carbons (Fsp3) is 0.577. The van der Waals surface area contributed by atoms with Gasteiger partial charge in [-0.3, -0.25) is 0 Å². The minimum atomic E-state index is -0.529. The standard InChI is InChI=1S/C26H38BN3O4/c1-26(2,3)34-25(32)29-17-15-28(16-18-29)23-10-9-22(20-7-5-6-8-21(20)23)24(31)19-11-13-30(14-12-19)27(4)33/h5-10,19,24,31,33H,11-18H2,1-4H3. The van der Waals surface area contributed by atoms with E-state index in [2.05, 4.69) is 34.0 Å². The Hall–Kier alpha value is -2.29. The molecule has 1 unspecified atom stereocenters. The van der Waals surface area contributed by atoms with E-state index in [0.29, 0.717) is 13.1 Å². The number of carbonyl (C=O) groups is 1. The van der Waals surface area contributed by atoms with Crippen molar-refractivity contribution in [3.63, 3.8) is 0 Å². The number of hydrogen-bond acceptors (Lipinski definition) is 6. The van der Waals surface area contributed by atoms with E-state index < -0.39 is 18.8 Å². The first-order valence-corrected chi connectivity index (χ1v) is 12.5. The van der Waals surface area contributed by atoms with E-state index in [0.717, 1.165) is 61.0 Å². The van der Waals surface area contributed by atoms with Crippen LogP contribution in [-0.4, -0.2) is 77.9 Å². The van der Waals surface area contributed by atoms with Crippen molar-refractivity contribution in [3.05, 3.63) is 42.0 Å². The van der Waals surface area contributed by atoms with Crippen LogP contribution in [-0.2, 0) is 4.74 Å². The van der Waals surface area contributed by atoms with E-state index in [9.17, 15) is 14.9 Å². The second-order valence-corrected chi connectivity index (χ2v) is 10.6. The number of nitrogens with zero attached hydrogens (tertiary/aromatic N) is 3. The predicted octanol–water partition coefficient (Wildman–Crippen LogP) is 3.75. The summed E-state index contributed by atoms with van der Waals surface area (Å²) in [5.74, 6) is 0.182. The lowest BCUT2D eigenvalue weighted by molar-refractivity contribution is 0.0240. The minimum absolute atomic E-state index is 0.182. The summed E-state index contributed by atoms with van der Waals surface area (Å²) in [4.78, 5) is 18.6. The Labute approximate surface area is 203 Å². The molecule has 184 valence electrons. The third-order valence-electron chi connectivity index (χ3n) is 7.07. The number of anilines is 1. The molecular formula is C26H38BN3O4. The van der Waals surface area contributed by atoms with E-state index in [1.165, 1.54) is 0 Å². The fourth-order valence-electron chi connectivity index (χ4n) is 5.16. The summed E-state index contributed by atoms with van der Waals surface area (Å²) >= 11 is 0. The topological polar surface area (TPSA) is 76.5 Å². The van der Waals surface area contributed by atoms with Crippen LogP contribution in [0.15, 0.2) is 36.4 Å². The van der Waals surface area contributed by atoms with Gasteiger partial charge in [0.25, 0.3) is 0 Å². The molecule has 0 aliphatic carbocycles. The average Bonchev–Trinajstić information content (AvgIpc) is 2.82. The lowest BCUT2D eigenvalue weighted by Crippen LogP contribution is -2.50. The van der Waals surface area contributed by atoms with Crippen molar-refractivity contribution in [2.75, 3.05) is 44.2 Å². The van der Waals surface area contributed by atoms with Crippen LogP contribution in [0.2, 0.25) is 6.82 Å². The maximum absolute atomic E-state index is 12.4. The van der Waals surface area contributed by atoms with E-state index in [4.69, 9.17) is 4.74 Å². The number of hydrogen-bond donors (Lipinski definition) is 2. The lowest BCUT2D eigenvalue weighted by Gasteiger charge is -2.38. The molecule has 2 aliphatic heterocycles. The molecule has 2 saturated heterocycles. The number of carbonyl (C=O) groups excluding carboxylic acids is 1. The number of aliphatic hydroxyl groups is 1. The third-order valence-corrected chi connectivity index (χ3v) is 7.07. The van der Waals surface area contributed by atoms with Gasteiger partial charge < -0.3 is 29.5 Å². The summed E-state index contributed by atoms with van der Waals surface area (Å²) in [6.07, 6.45) is 0.958. The van der Waals surface area contributed by atoms with Gasteiger partial charge in [-0.15, -0.1) is 0 Å². The van der Waals surface area contributed by atoms with Gasteiger partial charge in [0.1, 0.15) is 5.60 Å². The molecule has 1 amide bonds. The molecule has 0 aromatic heterocycles. The van der Waals surface area contributed by atoms with Crippen molar-refractivity contribution >= 4 is 29.6 Å². The Kier molecular flexibility index (Phi) is 7.40. The number of ether oxygens (including phenoxy) is 1. The maximum atomic E-state index is 12.4. The van der Waals surface area contributed by atoms with Crippen molar-refractivity contribution in [1.82, 2.24) is 9.71 Å². The largest absolute Gasteiger partial charge is 0.444 e. The zero-order chi connectivity index (χ0) is 24.5. The molecule has 0 saturated carbocycles. The molecule has 2 N–H and O–H groups in total. The number of benzene rings is 2. The normalized spacial score (nSPS) is 19.4. The second kappa shape index (κ2) is 10.1. The number of piperazine rings is 1. The van der Waals surface area contributed by atoms with Crippen molar-refractivity contribution in [1.29, 1.82) is 0 Å². The molecule has 2 aromatic rings. The Balaban J connectivity index is 1.49. The van der Waals surface area contributed by atoms with Gasteiger partial charge in [0.15, 0.2) is 0 Å². The Morgan fingerprint density at radius 3 is 2.21 bits per heavy atom. The van der Waals surface area contributed by atoms with Crippen molar-refractivity contribution in [2.24, 2.45) is 5.92 Å². The lowest BCUT2D eigenvalue weighted by atomic mass is 9.78. The monoisotopic (exact) mass is 467 g/mol. The molecular weight excluding hydrogens is 429 g/mol. The van der Waals surface area contributed by atoms with Crippen molar-refractivity contribution < 1.29 is 19.7 Å². The first-order chi connectivity index (χ1) is 16.1. The van der Waals surface area contributed by atoms with Crippen LogP contribution in [0, 0.1) is 5.92 Å². The number of fused-ring (bicyclic) bond motifs is 1. The van der Waals surface area contributed by atoms with E-state index in [1.54, 1.807) is 11.7 Å². The molecule has 0 bridgehead atoms. The highest BCUT2D eigenvalue weighted by molar-refractivity contribution is 6.45. The molecule has 2 aliphatic rings. The summed E-state index contributed by atoms with van der Waals surface area (Å²) in [5.41, 5.74) is 1.62. The molecule has 7 nitrogen and oxygen atoms in total. The molecule has 4 rings (SSSR count). The van der Waals surface area contributed by atoms with Gasteiger partial charge in [-0.2, -0.15) is 0 Å². The first kappa shape index (κ1) is 24.8. The van der Waals surface area contributed by atoms with Crippen molar-refractivity contribution in [2.45, 2.75) is 52.1 Å². The SMILES string of the molecule is CB(O)N1CCC(C(O)c2ccc(N3CCN(C(=O)OC(C)(C)C)CC3)c3ccccc23)CC1. The Morgan fingerprint density at radius 1 is 1.00 bits per heavy atom. The Morgan fingerprint density at radius 2 is 1.62 bits per heavy atom. The van der Waals surface area contributed by atoms with E-state index >= 15 is 0 Å². The highest BCUT2D eigenvalue weighted by Crippen LogP contribution is 2.38. The third kappa shape index (κ3) is 5.50. The van der Waals surface area contributed by atoms with Crippen LogP contribution in [0.25, 0.3) is 10.8 Å². The Bertz CT molecular complexity index is 993. The van der Waals surface area contributed by atoms with Gasteiger partial charge in [-0.05, 0) is 76.5 Å². The summed E-state index contributed by atoms with van der Waals surface area (Å²) in [7, 11) is -0.436. The van der Waals surface area contributed by atoms with Gasteiger partial charge in [0.2, 0.25) is 0 Å². The van der Waals surface area contributed by atoms with Gasteiger partial charge in [-0.25, -0.2) is 4.79 Å². The predicted molar refractivity (Wildman–Crippen MR) is 137 cm³/mol. The molecule has 2 aromatic carbocycles. The van der Waals surface area contributed by atoms with Crippen LogP contribution in [0.4, 0.5) is 10.5 Å². The fourth-order valence-corrected chi connectivity index (χ4v) is 5.16. The number of rotatable bonds is 4. The molecule has 8 heteroatoms. The van der Waals surface area contributed by atoms with Gasteiger partial charge in [0, 0.05) is 37.3 Å². The smallest absolute Gasteiger partial charge is 0.410 e. The second-order valence-electron chi connectivity index (χ2n) is 10.6. The quantitative estimate of drug-likeness (QED) is 0.668. The van der Waals surface area contributed by atoms with Crippen LogP contribution in [0.3, 0.4) is 0 Å². The minimum Gasteiger partial charge on any atom is -0.444 e. The molecule has 1 atom stereocenters. The first-order valence-electron chi connectivity index (χ1n) is 12.5. The van der Waals surface area contributed by atoms with Crippen LogP contribution in [0.1, 0.15) is 45.3 Å². The number of piperidine rings is 1. The molecule has 0 spiro atoms. The highest BCUT2D eigenvalue weighted by Gasteiger charge is 2.31. The maximum Gasteiger partial charge on any atom is 0.410 e. The molecule has 0 radical (unpaired) electrons. The van der Waals surface area contributed by atoms with Crippen LogP contribution in [0.5, 0.6) is 0 Å². The van der Waals surface area contributed by atoms with Crippen LogP contribution < -0.4 is 4.90 Å². The molecule has 2 heterocycles. The van der Waals surface area contributed by atoms with E-state index in [1.807, 2.05) is 32.9 Å². The summed E-state index contributed by atoms with van der Waals surface area (Å²) in [6, 6.07) is 12.5. The zero-order valence-corrected chi connectivity index (χ0v) is 20.9. The number of aliphatic hydroxyl groups excluding tert-OH is 1. The van der Waals surface area contributed by atoms with Gasteiger partial charge in [0.05, 0.1) is 6.10 Å². The molecule has 2 fully saturated rings. The van der Waals surface area contributed by atoms with Crippen molar-refractivity contribution in [3.8, 4) is 0 Å². The van der Waals surface area contributed by atoms with Crippen LogP contribution >= 0.6 is 0 Å². The summed E-state index contributed by atoms with van der Waals surface area (Å²) in [5, 5.41) is 23.4.